The normalized spacial score (nSPS) is 15.5. The maximum absolute atomic E-state index is 2.46. The van der Waals surface area contributed by atoms with E-state index in [2.05, 4.69) is 130 Å². The highest BCUT2D eigenvalue weighted by Crippen LogP contribution is 2.49. The topological polar surface area (TPSA) is 9.49 Å². The van der Waals surface area contributed by atoms with Crippen molar-refractivity contribution in [1.29, 1.82) is 0 Å². The minimum atomic E-state index is -0.0956. The highest BCUT2D eigenvalue weighted by atomic mass is 15.1. The van der Waals surface area contributed by atoms with Crippen LogP contribution in [0.5, 0.6) is 0 Å². The zero-order valence-electron chi connectivity index (χ0n) is 24.4. The van der Waals surface area contributed by atoms with Gasteiger partial charge in [0.05, 0.1) is 0 Å². The molecule has 0 atom stereocenters. The van der Waals surface area contributed by atoms with Gasteiger partial charge in [0.15, 0.2) is 5.71 Å². The van der Waals surface area contributed by atoms with Gasteiger partial charge in [0.25, 0.3) is 0 Å². The van der Waals surface area contributed by atoms with Gasteiger partial charge < -0.3 is 9.80 Å². The molecule has 0 bridgehead atoms. The summed E-state index contributed by atoms with van der Waals surface area (Å²) in [6.45, 7) is 24.3. The van der Waals surface area contributed by atoms with E-state index >= 15 is 0 Å². The molecule has 0 saturated carbocycles. The SMILES string of the molecule is CCN(CC)c1ccc2c(c1)C(C)(C)c1cc(N(CC)CC)ccc1C2=C1C=CC(=[N+](CC)CC)C=C1. The van der Waals surface area contributed by atoms with Crippen LogP contribution >= 0.6 is 0 Å². The Morgan fingerprint density at radius 2 is 1.05 bits per heavy atom. The van der Waals surface area contributed by atoms with E-state index < -0.39 is 0 Å². The first-order valence-electron chi connectivity index (χ1n) is 14.4. The van der Waals surface area contributed by atoms with Crippen LogP contribution in [0.1, 0.15) is 77.6 Å². The second-order valence-corrected chi connectivity index (χ2v) is 10.5. The van der Waals surface area contributed by atoms with Crippen molar-refractivity contribution in [3.8, 4) is 0 Å². The van der Waals surface area contributed by atoms with Gasteiger partial charge in [0, 0.05) is 55.1 Å². The first-order valence-corrected chi connectivity index (χ1v) is 14.4. The van der Waals surface area contributed by atoms with Crippen LogP contribution in [0.3, 0.4) is 0 Å². The van der Waals surface area contributed by atoms with Crippen LogP contribution in [0.15, 0.2) is 66.3 Å². The summed E-state index contributed by atoms with van der Waals surface area (Å²) in [6, 6.07) is 14.3. The van der Waals surface area contributed by atoms with Crippen LogP contribution in [0, 0.1) is 0 Å². The maximum atomic E-state index is 2.46. The molecule has 0 unspecified atom stereocenters. The van der Waals surface area contributed by atoms with Crippen LogP contribution in [0.25, 0.3) is 5.57 Å². The van der Waals surface area contributed by atoms with Gasteiger partial charge in [0.2, 0.25) is 0 Å². The number of fused-ring (bicyclic) bond motifs is 2. The van der Waals surface area contributed by atoms with Gasteiger partial charge >= 0.3 is 0 Å². The molecule has 3 heteroatoms. The second-order valence-electron chi connectivity index (χ2n) is 10.5. The Morgan fingerprint density at radius 3 is 1.43 bits per heavy atom. The molecule has 0 amide bonds. The van der Waals surface area contributed by atoms with Crippen LogP contribution in [0.4, 0.5) is 11.4 Å². The molecule has 0 radical (unpaired) electrons. The van der Waals surface area contributed by atoms with Crippen molar-refractivity contribution < 1.29 is 4.58 Å². The van der Waals surface area contributed by atoms with Crippen molar-refractivity contribution in [3.63, 3.8) is 0 Å². The molecular formula is C34H46N3+. The Labute approximate surface area is 225 Å². The highest BCUT2D eigenvalue weighted by Gasteiger charge is 2.36. The average Bonchev–Trinajstić information content (AvgIpc) is 2.92. The molecule has 0 spiro atoms. The summed E-state index contributed by atoms with van der Waals surface area (Å²) >= 11 is 0. The predicted molar refractivity (Wildman–Crippen MR) is 163 cm³/mol. The fourth-order valence-corrected chi connectivity index (χ4v) is 6.13. The fraction of sp³-hybridized carbons (Fsp3) is 0.441. The van der Waals surface area contributed by atoms with Gasteiger partial charge in [-0.15, -0.1) is 0 Å². The molecule has 0 N–H and O–H groups in total. The fourth-order valence-electron chi connectivity index (χ4n) is 6.13. The van der Waals surface area contributed by atoms with Gasteiger partial charge in [-0.25, -0.2) is 4.58 Å². The molecule has 3 nitrogen and oxygen atoms in total. The summed E-state index contributed by atoms with van der Waals surface area (Å²) in [4.78, 5) is 4.91. The highest BCUT2D eigenvalue weighted by molar-refractivity contribution is 6.04. The van der Waals surface area contributed by atoms with Gasteiger partial charge in [-0.05, 0) is 111 Å². The van der Waals surface area contributed by atoms with Crippen LogP contribution < -0.4 is 9.80 Å². The van der Waals surface area contributed by atoms with Crippen molar-refractivity contribution in [2.75, 3.05) is 49.1 Å². The lowest BCUT2D eigenvalue weighted by molar-refractivity contribution is -0.519. The third kappa shape index (κ3) is 4.81. The summed E-state index contributed by atoms with van der Waals surface area (Å²) in [5.74, 6) is 0. The molecule has 2 aromatic rings. The average molecular weight is 497 g/mol. The monoisotopic (exact) mass is 496 g/mol. The van der Waals surface area contributed by atoms with Crippen molar-refractivity contribution in [2.45, 2.75) is 60.8 Å². The Hall–Kier alpha value is -3.07. The zero-order chi connectivity index (χ0) is 26.7. The number of benzene rings is 2. The second kappa shape index (κ2) is 11.1. The molecule has 2 aliphatic rings. The lowest BCUT2D eigenvalue weighted by Gasteiger charge is -2.39. The Balaban J connectivity index is 1.99. The molecule has 196 valence electrons. The molecule has 37 heavy (non-hydrogen) atoms. The molecule has 4 rings (SSSR count). The third-order valence-corrected chi connectivity index (χ3v) is 8.43. The smallest absolute Gasteiger partial charge is 0.199 e. The van der Waals surface area contributed by atoms with Crippen LogP contribution in [-0.4, -0.2) is 49.6 Å². The molecule has 0 heterocycles. The van der Waals surface area contributed by atoms with Crippen molar-refractivity contribution in [2.24, 2.45) is 0 Å². The third-order valence-electron chi connectivity index (χ3n) is 8.43. The summed E-state index contributed by atoms with van der Waals surface area (Å²) < 4.78 is 2.41. The largest absolute Gasteiger partial charge is 0.372 e. The van der Waals surface area contributed by atoms with E-state index in [1.54, 1.807) is 0 Å². The van der Waals surface area contributed by atoms with E-state index in [0.29, 0.717) is 0 Å². The number of nitrogens with zero attached hydrogens (tertiary/aromatic N) is 3. The number of hydrogen-bond donors (Lipinski definition) is 0. The lowest BCUT2D eigenvalue weighted by atomic mass is 9.66. The van der Waals surface area contributed by atoms with Crippen molar-refractivity contribution in [1.82, 2.24) is 0 Å². The molecule has 2 aliphatic carbocycles. The first kappa shape index (κ1) is 27.0. The number of rotatable bonds is 8. The Morgan fingerprint density at radius 1 is 0.622 bits per heavy atom. The van der Waals surface area contributed by atoms with Gasteiger partial charge in [-0.3, -0.25) is 0 Å². The van der Waals surface area contributed by atoms with Gasteiger partial charge in [0.1, 0.15) is 13.1 Å². The van der Waals surface area contributed by atoms with Crippen LogP contribution in [0.2, 0.25) is 0 Å². The summed E-state index contributed by atoms with van der Waals surface area (Å²) in [6.07, 6.45) is 9.24. The van der Waals surface area contributed by atoms with Crippen molar-refractivity contribution in [3.05, 3.63) is 88.5 Å². The van der Waals surface area contributed by atoms with Gasteiger partial charge in [-0.1, -0.05) is 26.0 Å². The predicted octanol–water partition coefficient (Wildman–Crippen LogP) is 7.44. The minimum Gasteiger partial charge on any atom is -0.372 e. The summed E-state index contributed by atoms with van der Waals surface area (Å²) in [5, 5.41) is 0. The number of hydrogen-bond acceptors (Lipinski definition) is 2. The maximum Gasteiger partial charge on any atom is 0.199 e. The number of anilines is 2. The van der Waals surface area contributed by atoms with E-state index in [-0.39, 0.29) is 5.41 Å². The zero-order valence-corrected chi connectivity index (χ0v) is 24.4. The Kier molecular flexibility index (Phi) is 8.11. The Bertz CT molecular complexity index is 1170. The van der Waals surface area contributed by atoms with E-state index in [9.17, 15) is 0 Å². The lowest BCUT2D eigenvalue weighted by Crippen LogP contribution is -2.30. The molecule has 0 aromatic heterocycles. The molecule has 2 aromatic carbocycles. The molecule has 0 saturated heterocycles. The van der Waals surface area contributed by atoms with E-state index in [4.69, 9.17) is 0 Å². The van der Waals surface area contributed by atoms with E-state index in [0.717, 1.165) is 39.3 Å². The molecule has 0 aliphatic heterocycles. The molecule has 0 fully saturated rings. The summed E-state index contributed by atoms with van der Waals surface area (Å²) in [5.41, 5.74) is 12.0. The minimum absolute atomic E-state index is 0.0956. The standard InChI is InChI=1S/C34H46N3/c1-9-35(10-2)26-17-15-25(16-18-26)33-29-21-19-27(36(11-3)12-4)23-31(29)34(7,8)32-24-28(20-22-30(32)33)37(13-5)14-6/h15-24H,9-14H2,1-8H3/q+1. The first-order chi connectivity index (χ1) is 17.8. The van der Waals surface area contributed by atoms with Crippen molar-refractivity contribution >= 4 is 22.7 Å². The van der Waals surface area contributed by atoms with Gasteiger partial charge in [-0.2, -0.15) is 0 Å². The van der Waals surface area contributed by atoms with Crippen LogP contribution in [-0.2, 0) is 5.41 Å². The van der Waals surface area contributed by atoms with E-state index in [1.807, 2.05) is 0 Å². The summed E-state index contributed by atoms with van der Waals surface area (Å²) in [7, 11) is 0. The van der Waals surface area contributed by atoms with E-state index in [1.165, 1.54) is 50.5 Å². The molecular weight excluding hydrogens is 450 g/mol. The number of allylic oxidation sites excluding steroid dienone is 5. The quantitative estimate of drug-likeness (QED) is 0.351.